The Bertz CT molecular complexity index is 1060. The fraction of sp³-hybridized carbons (Fsp3) is 0.385. The van der Waals surface area contributed by atoms with Gasteiger partial charge in [-0.15, -0.1) is 11.3 Å². The molecular weight excluding hydrogens is 432 g/mol. The molecule has 1 aliphatic rings. The highest BCUT2D eigenvalue weighted by molar-refractivity contribution is 7.97. The first-order chi connectivity index (χ1) is 15.4. The molecule has 0 spiro atoms. The van der Waals surface area contributed by atoms with E-state index >= 15 is 0 Å². The molecule has 0 radical (unpaired) electrons. The number of nitrogens with zero attached hydrogens (tertiary/aromatic N) is 2. The molecule has 3 N–H and O–H groups in total. The zero-order valence-electron chi connectivity index (χ0n) is 19.1. The summed E-state index contributed by atoms with van der Waals surface area (Å²) in [5.41, 5.74) is 10.1. The summed E-state index contributed by atoms with van der Waals surface area (Å²) in [5.74, 6) is 0.626. The van der Waals surface area contributed by atoms with Crippen LogP contribution in [0.4, 0.5) is 0 Å². The van der Waals surface area contributed by atoms with Crippen LogP contribution in [0.1, 0.15) is 75.1 Å². The predicted molar refractivity (Wildman–Crippen MR) is 138 cm³/mol. The molecule has 2 heterocycles. The van der Waals surface area contributed by atoms with Crippen LogP contribution >= 0.6 is 23.3 Å². The molecule has 0 bridgehead atoms. The van der Waals surface area contributed by atoms with E-state index in [2.05, 4.69) is 54.9 Å². The van der Waals surface area contributed by atoms with Gasteiger partial charge in [0.25, 0.3) is 0 Å². The van der Waals surface area contributed by atoms with Crippen LogP contribution in [0.3, 0.4) is 0 Å². The maximum Gasteiger partial charge on any atom is 0.0962 e. The minimum absolute atomic E-state index is 0.00752. The lowest BCUT2D eigenvalue weighted by atomic mass is 9.90. The molecule has 6 heteroatoms. The quantitative estimate of drug-likeness (QED) is 0.385. The normalized spacial score (nSPS) is 15.8. The Balaban J connectivity index is 1.69. The number of benzene rings is 1. The molecule has 2 aromatic heterocycles. The van der Waals surface area contributed by atoms with E-state index < -0.39 is 0 Å². The lowest BCUT2D eigenvalue weighted by molar-refractivity contribution is 0.442. The second kappa shape index (κ2) is 10.2. The summed E-state index contributed by atoms with van der Waals surface area (Å²) in [6.45, 7) is 6.53. The highest BCUT2D eigenvalue weighted by Crippen LogP contribution is 2.41. The molecule has 1 saturated carbocycles. The second-order valence-electron chi connectivity index (χ2n) is 9.36. The summed E-state index contributed by atoms with van der Waals surface area (Å²) in [6.07, 6.45) is 12.1. The van der Waals surface area contributed by atoms with E-state index in [1.165, 1.54) is 52.4 Å². The largest absolute Gasteiger partial charge is 0.404 e. The molecule has 0 amide bonds. The summed E-state index contributed by atoms with van der Waals surface area (Å²) in [7, 11) is 0. The van der Waals surface area contributed by atoms with E-state index in [4.69, 9.17) is 10.7 Å². The second-order valence-corrected chi connectivity index (χ2v) is 11.3. The smallest absolute Gasteiger partial charge is 0.0962 e. The Kier molecular flexibility index (Phi) is 7.33. The lowest BCUT2D eigenvalue weighted by Gasteiger charge is -2.21. The Morgan fingerprint density at radius 3 is 2.62 bits per heavy atom. The molecule has 4 rings (SSSR count). The molecule has 0 unspecified atom stereocenters. The van der Waals surface area contributed by atoms with E-state index in [1.807, 2.05) is 29.5 Å². The maximum atomic E-state index is 6.03. The van der Waals surface area contributed by atoms with Crippen molar-refractivity contribution in [3.8, 4) is 10.4 Å². The van der Waals surface area contributed by atoms with Gasteiger partial charge >= 0.3 is 0 Å². The van der Waals surface area contributed by atoms with Gasteiger partial charge in [-0.2, -0.15) is 0 Å². The Morgan fingerprint density at radius 1 is 1.12 bits per heavy atom. The van der Waals surface area contributed by atoms with Crippen LogP contribution in [0, 0.1) is 0 Å². The lowest BCUT2D eigenvalue weighted by Crippen LogP contribution is -2.29. The van der Waals surface area contributed by atoms with Crippen LogP contribution in [0.15, 0.2) is 59.9 Å². The summed E-state index contributed by atoms with van der Waals surface area (Å²) >= 11 is 3.52. The molecule has 0 atom stereocenters. The number of nitrogens with one attached hydrogen (secondary N) is 1. The molecule has 32 heavy (non-hydrogen) atoms. The van der Waals surface area contributed by atoms with Crippen LogP contribution in [0.5, 0.6) is 0 Å². The van der Waals surface area contributed by atoms with Gasteiger partial charge < -0.3 is 5.73 Å². The number of hydrogen-bond donors (Lipinski definition) is 2. The molecule has 0 saturated heterocycles. The number of hydrogen-bond acceptors (Lipinski definition) is 6. The van der Waals surface area contributed by atoms with Gasteiger partial charge in [0.05, 0.1) is 15.6 Å². The van der Waals surface area contributed by atoms with Gasteiger partial charge in [-0.3, -0.25) is 9.71 Å². The van der Waals surface area contributed by atoms with Crippen molar-refractivity contribution in [2.75, 3.05) is 0 Å². The van der Waals surface area contributed by atoms with Crippen LogP contribution in [-0.2, 0) is 0 Å². The van der Waals surface area contributed by atoms with Crippen molar-refractivity contribution in [3.05, 3.63) is 71.3 Å². The van der Waals surface area contributed by atoms with Gasteiger partial charge in [-0.25, -0.2) is 4.98 Å². The minimum atomic E-state index is -0.00752. The molecule has 0 aliphatic heterocycles. The molecule has 3 aromatic rings. The van der Waals surface area contributed by atoms with Crippen LogP contribution in [-0.4, -0.2) is 15.5 Å². The third-order valence-corrected chi connectivity index (χ3v) is 8.08. The monoisotopic (exact) mass is 464 g/mol. The third-order valence-electron chi connectivity index (χ3n) is 5.61. The molecule has 1 aromatic carbocycles. The van der Waals surface area contributed by atoms with Crippen molar-refractivity contribution in [2.45, 2.75) is 69.2 Å². The highest BCUT2D eigenvalue weighted by atomic mass is 32.2. The fourth-order valence-corrected chi connectivity index (χ4v) is 6.07. The van der Waals surface area contributed by atoms with Crippen LogP contribution < -0.4 is 10.5 Å². The summed E-state index contributed by atoms with van der Waals surface area (Å²) in [5, 5.41) is 1.29. The summed E-state index contributed by atoms with van der Waals surface area (Å²) in [6, 6.07) is 12.5. The van der Waals surface area contributed by atoms with Gasteiger partial charge in [-0.1, -0.05) is 37.5 Å². The topological polar surface area (TPSA) is 63.8 Å². The average Bonchev–Trinajstić information content (AvgIpc) is 3.29. The van der Waals surface area contributed by atoms with E-state index in [0.29, 0.717) is 5.92 Å². The predicted octanol–water partition coefficient (Wildman–Crippen LogP) is 7.00. The van der Waals surface area contributed by atoms with Crippen molar-refractivity contribution in [1.82, 2.24) is 14.7 Å². The first-order valence-corrected chi connectivity index (χ1v) is 13.0. The van der Waals surface area contributed by atoms with Crippen molar-refractivity contribution >= 4 is 28.9 Å². The molecular formula is C26H32N4S2. The molecule has 1 fully saturated rings. The zero-order valence-corrected chi connectivity index (χ0v) is 20.7. The fourth-order valence-electron chi connectivity index (χ4n) is 3.99. The number of rotatable bonds is 6. The summed E-state index contributed by atoms with van der Waals surface area (Å²) in [4.78, 5) is 11.7. The summed E-state index contributed by atoms with van der Waals surface area (Å²) < 4.78 is 3.58. The van der Waals surface area contributed by atoms with Crippen LogP contribution in [0.25, 0.3) is 16.0 Å². The average molecular weight is 465 g/mol. The standard InChI is InChI=1S/C26H32N4S2/c1-26(2,3)30-32-23-15-19(21(16-27)22-11-7-8-14-28-22)12-13-20(23)24-17-29-25(31-24)18-9-5-4-6-10-18/h7-8,11-18,30H,4-6,9-10,27H2,1-3H3/b21-16-. The van der Waals surface area contributed by atoms with Gasteiger partial charge in [-0.05, 0) is 69.3 Å². The van der Waals surface area contributed by atoms with Crippen molar-refractivity contribution in [2.24, 2.45) is 5.73 Å². The van der Waals surface area contributed by atoms with Crippen molar-refractivity contribution < 1.29 is 0 Å². The molecule has 4 nitrogen and oxygen atoms in total. The van der Waals surface area contributed by atoms with Crippen molar-refractivity contribution in [3.63, 3.8) is 0 Å². The zero-order chi connectivity index (χ0) is 22.6. The Labute approximate surface area is 199 Å². The number of thiazole rings is 1. The van der Waals surface area contributed by atoms with E-state index in [1.54, 1.807) is 24.3 Å². The minimum Gasteiger partial charge on any atom is -0.404 e. The van der Waals surface area contributed by atoms with E-state index in [9.17, 15) is 0 Å². The number of nitrogens with two attached hydrogens (primary N) is 1. The van der Waals surface area contributed by atoms with Gasteiger partial charge in [0, 0.05) is 46.1 Å². The van der Waals surface area contributed by atoms with Crippen molar-refractivity contribution in [1.29, 1.82) is 0 Å². The Morgan fingerprint density at radius 2 is 1.94 bits per heavy atom. The maximum absolute atomic E-state index is 6.03. The van der Waals surface area contributed by atoms with Gasteiger partial charge in [0.1, 0.15) is 0 Å². The number of pyridine rings is 1. The molecule has 1 aliphatic carbocycles. The van der Waals surface area contributed by atoms with Gasteiger partial charge in [0.15, 0.2) is 0 Å². The molecule has 168 valence electrons. The highest BCUT2D eigenvalue weighted by Gasteiger charge is 2.21. The first-order valence-electron chi connectivity index (χ1n) is 11.3. The van der Waals surface area contributed by atoms with E-state index in [0.717, 1.165) is 16.8 Å². The third kappa shape index (κ3) is 5.61. The van der Waals surface area contributed by atoms with Gasteiger partial charge in [0.2, 0.25) is 0 Å². The number of aromatic nitrogens is 2. The van der Waals surface area contributed by atoms with E-state index in [-0.39, 0.29) is 5.54 Å². The first kappa shape index (κ1) is 23.0. The Hall–Kier alpha value is -2.15. The van der Waals surface area contributed by atoms with Crippen LogP contribution in [0.2, 0.25) is 0 Å². The SMILES string of the molecule is CC(C)(C)NSc1cc(/C(=C/N)c2ccccn2)ccc1-c1cnc(C2CCCCC2)s1.